The van der Waals surface area contributed by atoms with E-state index in [-0.39, 0.29) is 5.41 Å². The molecule has 3 aliphatic rings. The molecule has 0 aliphatic heterocycles. The molecule has 33 heavy (non-hydrogen) atoms. The van der Waals surface area contributed by atoms with E-state index >= 15 is 0 Å². The molecule has 0 saturated heterocycles. The SMILES string of the molecule is C=C1[C@H](O)CC(=CC(C)=C2CCC[C@@]3(C)C2CCC3C(C)C(C)(C)CCC(C)(C)O)C[C@H]1O. The van der Waals surface area contributed by atoms with Gasteiger partial charge in [0, 0.05) is 0 Å². The van der Waals surface area contributed by atoms with Crippen LogP contribution in [0.2, 0.25) is 0 Å². The van der Waals surface area contributed by atoms with E-state index in [0.29, 0.717) is 41.6 Å². The monoisotopic (exact) mass is 458 g/mol. The van der Waals surface area contributed by atoms with Crippen LogP contribution in [-0.4, -0.2) is 33.1 Å². The van der Waals surface area contributed by atoms with Crippen molar-refractivity contribution in [1.29, 1.82) is 0 Å². The highest BCUT2D eigenvalue weighted by atomic mass is 16.3. The van der Waals surface area contributed by atoms with Gasteiger partial charge in [0.1, 0.15) is 0 Å². The summed E-state index contributed by atoms with van der Waals surface area (Å²) in [6.45, 7) is 19.8. The number of rotatable bonds is 6. The Kier molecular flexibility index (Phi) is 7.79. The van der Waals surface area contributed by atoms with Gasteiger partial charge in [-0.15, -0.1) is 0 Å². The summed E-state index contributed by atoms with van der Waals surface area (Å²) in [6, 6.07) is 0. The molecular formula is C30H50O3. The van der Waals surface area contributed by atoms with Gasteiger partial charge in [-0.25, -0.2) is 0 Å². The summed E-state index contributed by atoms with van der Waals surface area (Å²) in [5.74, 6) is 1.95. The van der Waals surface area contributed by atoms with Crippen LogP contribution in [-0.2, 0) is 0 Å². The Labute approximate surface area is 203 Å². The third-order valence-electron chi connectivity index (χ3n) is 9.90. The number of aliphatic hydroxyl groups excluding tert-OH is 2. The van der Waals surface area contributed by atoms with Gasteiger partial charge in [-0.05, 0) is 113 Å². The molecule has 0 heterocycles. The van der Waals surface area contributed by atoms with Crippen LogP contribution in [0.15, 0.2) is 34.9 Å². The predicted molar refractivity (Wildman–Crippen MR) is 138 cm³/mol. The van der Waals surface area contributed by atoms with Gasteiger partial charge in [0.2, 0.25) is 0 Å². The minimum absolute atomic E-state index is 0.206. The lowest BCUT2D eigenvalue weighted by Crippen LogP contribution is -2.41. The molecule has 3 heteroatoms. The van der Waals surface area contributed by atoms with Crippen LogP contribution < -0.4 is 0 Å². The van der Waals surface area contributed by atoms with Crippen molar-refractivity contribution in [3.8, 4) is 0 Å². The lowest BCUT2D eigenvalue weighted by atomic mass is 9.56. The molecule has 3 saturated carbocycles. The first-order valence-corrected chi connectivity index (χ1v) is 13.3. The van der Waals surface area contributed by atoms with Crippen LogP contribution in [0.4, 0.5) is 0 Å². The minimum atomic E-state index is -0.628. The average molecular weight is 459 g/mol. The van der Waals surface area contributed by atoms with E-state index in [2.05, 4.69) is 47.3 Å². The largest absolute Gasteiger partial charge is 0.390 e. The Bertz CT molecular complexity index is 780. The molecule has 3 rings (SSSR count). The highest BCUT2D eigenvalue weighted by Gasteiger charge is 2.53. The molecular weight excluding hydrogens is 408 g/mol. The van der Waals surface area contributed by atoms with Gasteiger partial charge in [0.15, 0.2) is 0 Å². The predicted octanol–water partition coefficient (Wildman–Crippen LogP) is 6.73. The van der Waals surface area contributed by atoms with E-state index in [1.54, 1.807) is 5.57 Å². The number of hydrogen-bond acceptors (Lipinski definition) is 3. The van der Waals surface area contributed by atoms with Crippen LogP contribution in [0.3, 0.4) is 0 Å². The molecule has 0 aromatic carbocycles. The molecule has 0 amide bonds. The molecule has 0 radical (unpaired) electrons. The number of hydrogen-bond donors (Lipinski definition) is 3. The van der Waals surface area contributed by atoms with Gasteiger partial charge in [-0.3, -0.25) is 0 Å². The smallest absolute Gasteiger partial charge is 0.0809 e. The second kappa shape index (κ2) is 9.63. The highest BCUT2D eigenvalue weighted by molar-refractivity contribution is 5.35. The molecule has 0 bridgehead atoms. The molecule has 3 aliphatic carbocycles. The number of fused-ring (bicyclic) bond motifs is 1. The maximum Gasteiger partial charge on any atom is 0.0809 e. The van der Waals surface area contributed by atoms with E-state index in [1.807, 2.05) is 13.8 Å². The Morgan fingerprint density at radius 1 is 1.12 bits per heavy atom. The first kappa shape index (κ1) is 26.7. The molecule has 3 N–H and O–H groups in total. The van der Waals surface area contributed by atoms with Gasteiger partial charge in [0.05, 0.1) is 17.8 Å². The van der Waals surface area contributed by atoms with Crippen molar-refractivity contribution in [3.05, 3.63) is 34.9 Å². The summed E-state index contributed by atoms with van der Waals surface area (Å²) < 4.78 is 0. The molecule has 3 unspecified atom stereocenters. The van der Waals surface area contributed by atoms with E-state index < -0.39 is 17.8 Å². The van der Waals surface area contributed by atoms with Crippen molar-refractivity contribution >= 4 is 0 Å². The van der Waals surface area contributed by atoms with Crippen molar-refractivity contribution in [3.63, 3.8) is 0 Å². The second-order valence-corrected chi connectivity index (χ2v) is 13.2. The van der Waals surface area contributed by atoms with Crippen molar-refractivity contribution in [2.24, 2.45) is 28.6 Å². The van der Waals surface area contributed by atoms with Crippen molar-refractivity contribution < 1.29 is 15.3 Å². The zero-order chi connectivity index (χ0) is 24.8. The normalized spacial score (nSPS) is 35.9. The Balaban J connectivity index is 1.81. The quantitative estimate of drug-likeness (QED) is 0.387. The third kappa shape index (κ3) is 5.68. The van der Waals surface area contributed by atoms with Crippen molar-refractivity contribution in [1.82, 2.24) is 0 Å². The Morgan fingerprint density at radius 2 is 1.73 bits per heavy atom. The lowest BCUT2D eigenvalue weighted by molar-refractivity contribution is 0.0126. The van der Waals surface area contributed by atoms with E-state index in [1.165, 1.54) is 37.7 Å². The standard InChI is InChI=1S/C30H50O3/c1-19(16-22-17-26(31)20(2)27(32)18-22)23-10-9-13-30(8)24(11-12-25(23)30)21(3)28(4,5)14-15-29(6,7)33/h16,21,24-27,31-33H,2,9-15,17-18H2,1,3-8H3/t21?,24?,25?,26-,27-,30-/m1/s1. The fraction of sp³-hybridized carbons (Fsp3) is 0.800. The van der Waals surface area contributed by atoms with Gasteiger partial charge >= 0.3 is 0 Å². The summed E-state index contributed by atoms with van der Waals surface area (Å²) in [5.41, 5.74) is 4.63. The van der Waals surface area contributed by atoms with E-state index in [4.69, 9.17) is 0 Å². The first-order chi connectivity index (χ1) is 15.2. The summed E-state index contributed by atoms with van der Waals surface area (Å²) >= 11 is 0. The lowest BCUT2D eigenvalue weighted by Gasteiger charge is -2.48. The van der Waals surface area contributed by atoms with Gasteiger partial charge in [-0.1, -0.05) is 57.1 Å². The summed E-state index contributed by atoms with van der Waals surface area (Å²) in [7, 11) is 0. The van der Waals surface area contributed by atoms with Gasteiger partial charge in [-0.2, -0.15) is 0 Å². The summed E-state index contributed by atoms with van der Waals surface area (Å²) in [4.78, 5) is 0. The topological polar surface area (TPSA) is 60.7 Å². The van der Waals surface area contributed by atoms with Crippen LogP contribution in [0.25, 0.3) is 0 Å². The zero-order valence-electron chi connectivity index (χ0n) is 22.4. The average Bonchev–Trinajstić information content (AvgIpc) is 3.06. The molecule has 188 valence electrons. The number of aliphatic hydroxyl groups is 3. The molecule has 3 nitrogen and oxygen atoms in total. The maximum atomic E-state index is 10.3. The zero-order valence-corrected chi connectivity index (χ0v) is 22.4. The fourth-order valence-electron chi connectivity index (χ4n) is 7.30. The minimum Gasteiger partial charge on any atom is -0.390 e. The van der Waals surface area contributed by atoms with Crippen molar-refractivity contribution in [2.45, 2.75) is 124 Å². The Hall–Kier alpha value is -0.900. The van der Waals surface area contributed by atoms with Gasteiger partial charge < -0.3 is 15.3 Å². The molecule has 3 fully saturated rings. The summed E-state index contributed by atoms with van der Waals surface area (Å²) in [5, 5.41) is 30.8. The van der Waals surface area contributed by atoms with E-state index in [0.717, 1.165) is 18.4 Å². The molecule has 0 aromatic rings. The van der Waals surface area contributed by atoms with Crippen molar-refractivity contribution in [2.75, 3.05) is 0 Å². The molecule has 0 aromatic heterocycles. The van der Waals surface area contributed by atoms with Gasteiger partial charge in [0.25, 0.3) is 0 Å². The highest BCUT2D eigenvalue weighted by Crippen LogP contribution is 2.62. The third-order valence-corrected chi connectivity index (χ3v) is 9.90. The number of allylic oxidation sites excluding steroid dienone is 3. The Morgan fingerprint density at radius 3 is 2.30 bits per heavy atom. The van der Waals surface area contributed by atoms with Crippen LogP contribution in [0.1, 0.15) is 106 Å². The first-order valence-electron chi connectivity index (χ1n) is 13.3. The van der Waals surface area contributed by atoms with E-state index in [9.17, 15) is 15.3 Å². The molecule has 0 spiro atoms. The van der Waals surface area contributed by atoms with Crippen LogP contribution in [0, 0.1) is 28.6 Å². The second-order valence-electron chi connectivity index (χ2n) is 13.2. The maximum absolute atomic E-state index is 10.3. The fourth-order valence-corrected chi connectivity index (χ4v) is 7.30. The van der Waals surface area contributed by atoms with Crippen LogP contribution >= 0.6 is 0 Å². The molecule has 6 atom stereocenters. The van der Waals surface area contributed by atoms with Crippen LogP contribution in [0.5, 0.6) is 0 Å². The summed E-state index contributed by atoms with van der Waals surface area (Å²) in [6.07, 6.45) is 10.4.